The van der Waals surface area contributed by atoms with E-state index in [1.54, 1.807) is 17.9 Å². The molecule has 0 rings (SSSR count). The number of carboxylic acid groups (broad SMARTS) is 1. The van der Waals surface area contributed by atoms with Crippen molar-refractivity contribution in [2.45, 2.75) is 26.8 Å². The van der Waals surface area contributed by atoms with Crippen molar-refractivity contribution < 1.29 is 14.7 Å². The van der Waals surface area contributed by atoms with Crippen molar-refractivity contribution in [3.63, 3.8) is 0 Å². The smallest absolute Gasteiger partial charge is 0.323 e. The van der Waals surface area contributed by atoms with Crippen LogP contribution in [0.25, 0.3) is 0 Å². The molecule has 0 saturated heterocycles. The van der Waals surface area contributed by atoms with Crippen molar-refractivity contribution in [2.75, 3.05) is 19.6 Å². The zero-order valence-electron chi connectivity index (χ0n) is 10.1. The largest absolute Gasteiger partial charge is 0.480 e. The molecule has 2 amide bonds. The van der Waals surface area contributed by atoms with Gasteiger partial charge in [0.1, 0.15) is 6.54 Å². The Labute approximate surface area is 96.3 Å². The van der Waals surface area contributed by atoms with E-state index in [1.165, 1.54) is 4.90 Å². The quantitative estimate of drug-likeness (QED) is 0.699. The van der Waals surface area contributed by atoms with Crippen LogP contribution in [0.1, 0.15) is 20.8 Å². The first-order valence-corrected chi connectivity index (χ1v) is 5.32. The molecule has 5 heteroatoms. The highest BCUT2D eigenvalue weighted by Gasteiger charge is 2.22. The summed E-state index contributed by atoms with van der Waals surface area (Å²) in [5, 5.41) is 8.68. The predicted molar refractivity (Wildman–Crippen MR) is 62.3 cm³/mol. The van der Waals surface area contributed by atoms with Crippen LogP contribution in [-0.4, -0.2) is 52.6 Å². The number of rotatable bonds is 6. The molecule has 0 fully saturated rings. The topological polar surface area (TPSA) is 60.9 Å². The van der Waals surface area contributed by atoms with Crippen molar-refractivity contribution in [2.24, 2.45) is 0 Å². The lowest BCUT2D eigenvalue weighted by Gasteiger charge is -2.31. The minimum absolute atomic E-state index is 0.0216. The maximum atomic E-state index is 12.0. The summed E-state index contributed by atoms with van der Waals surface area (Å²) >= 11 is 0. The number of hydrogen-bond donors (Lipinski definition) is 1. The molecule has 0 unspecified atom stereocenters. The van der Waals surface area contributed by atoms with Crippen molar-refractivity contribution >= 4 is 12.0 Å². The molecule has 0 aromatic heterocycles. The summed E-state index contributed by atoms with van der Waals surface area (Å²) < 4.78 is 0. The third-order valence-electron chi connectivity index (χ3n) is 2.17. The standard InChI is InChI=1S/C11H20N2O3/c1-5-7-13(9(3)4)11(16)12(6-2)8-10(14)15/h5,9H,1,6-8H2,2-4H3,(H,14,15). The molecular weight excluding hydrogens is 208 g/mol. The van der Waals surface area contributed by atoms with E-state index in [0.717, 1.165) is 0 Å². The number of hydrogen-bond acceptors (Lipinski definition) is 2. The summed E-state index contributed by atoms with van der Waals surface area (Å²) in [6, 6.07) is -0.242. The van der Waals surface area contributed by atoms with Gasteiger partial charge in [0.2, 0.25) is 0 Å². The molecule has 0 spiro atoms. The van der Waals surface area contributed by atoms with Gasteiger partial charge in [-0.25, -0.2) is 4.79 Å². The van der Waals surface area contributed by atoms with Gasteiger partial charge in [0.15, 0.2) is 0 Å². The zero-order chi connectivity index (χ0) is 12.7. The molecule has 16 heavy (non-hydrogen) atoms. The van der Waals surface area contributed by atoms with Crippen LogP contribution >= 0.6 is 0 Å². The van der Waals surface area contributed by atoms with Gasteiger partial charge in [-0.15, -0.1) is 6.58 Å². The van der Waals surface area contributed by atoms with Gasteiger partial charge >= 0.3 is 12.0 Å². The highest BCUT2D eigenvalue weighted by Crippen LogP contribution is 2.04. The van der Waals surface area contributed by atoms with Gasteiger partial charge in [0.25, 0.3) is 0 Å². The molecule has 0 radical (unpaired) electrons. The van der Waals surface area contributed by atoms with Gasteiger partial charge in [0.05, 0.1) is 0 Å². The van der Waals surface area contributed by atoms with Gasteiger partial charge in [0, 0.05) is 19.1 Å². The Morgan fingerprint density at radius 3 is 2.31 bits per heavy atom. The molecule has 0 atom stereocenters. The fraction of sp³-hybridized carbons (Fsp3) is 0.636. The van der Waals surface area contributed by atoms with E-state index >= 15 is 0 Å². The van der Waals surface area contributed by atoms with E-state index < -0.39 is 5.97 Å². The molecule has 0 aliphatic rings. The Morgan fingerprint density at radius 1 is 1.44 bits per heavy atom. The molecule has 1 N–H and O–H groups in total. The minimum atomic E-state index is -1.00. The number of nitrogens with zero attached hydrogens (tertiary/aromatic N) is 2. The molecule has 0 heterocycles. The van der Waals surface area contributed by atoms with Crippen LogP contribution in [0.15, 0.2) is 12.7 Å². The first-order valence-electron chi connectivity index (χ1n) is 5.32. The summed E-state index contributed by atoms with van der Waals surface area (Å²) in [7, 11) is 0. The molecule has 0 aromatic rings. The number of amides is 2. The number of carboxylic acids is 1. The second kappa shape index (κ2) is 6.87. The summed E-state index contributed by atoms with van der Waals surface area (Å²) in [6.07, 6.45) is 1.63. The Hall–Kier alpha value is -1.52. The monoisotopic (exact) mass is 228 g/mol. The van der Waals surface area contributed by atoms with Crippen LogP contribution in [0.2, 0.25) is 0 Å². The summed E-state index contributed by atoms with van der Waals surface area (Å²) in [6.45, 7) is 9.65. The molecule has 92 valence electrons. The minimum Gasteiger partial charge on any atom is -0.480 e. The van der Waals surface area contributed by atoms with E-state index in [1.807, 2.05) is 13.8 Å². The Balaban J connectivity index is 4.67. The Bertz CT molecular complexity index is 264. The lowest BCUT2D eigenvalue weighted by atomic mass is 10.3. The van der Waals surface area contributed by atoms with Crippen LogP contribution in [0.3, 0.4) is 0 Å². The fourth-order valence-corrected chi connectivity index (χ4v) is 1.31. The highest BCUT2D eigenvalue weighted by molar-refractivity contribution is 5.80. The lowest BCUT2D eigenvalue weighted by molar-refractivity contribution is -0.137. The average molecular weight is 228 g/mol. The van der Waals surface area contributed by atoms with Gasteiger partial charge in [-0.2, -0.15) is 0 Å². The van der Waals surface area contributed by atoms with Gasteiger partial charge in [-0.1, -0.05) is 6.08 Å². The van der Waals surface area contributed by atoms with Crippen LogP contribution in [-0.2, 0) is 4.79 Å². The maximum absolute atomic E-state index is 12.0. The molecule has 5 nitrogen and oxygen atoms in total. The summed E-state index contributed by atoms with van der Waals surface area (Å²) in [4.78, 5) is 25.5. The molecular formula is C11H20N2O3. The van der Waals surface area contributed by atoms with Crippen molar-refractivity contribution in [1.29, 1.82) is 0 Å². The van der Waals surface area contributed by atoms with E-state index in [9.17, 15) is 9.59 Å². The fourth-order valence-electron chi connectivity index (χ4n) is 1.31. The van der Waals surface area contributed by atoms with E-state index in [0.29, 0.717) is 13.1 Å². The number of carbonyl (C=O) groups is 2. The molecule has 0 aliphatic carbocycles. The first kappa shape index (κ1) is 14.5. The normalized spacial score (nSPS) is 10.0. The summed E-state index contributed by atoms with van der Waals surface area (Å²) in [5.74, 6) is -1.00. The SMILES string of the molecule is C=CCN(C(=O)N(CC)CC(=O)O)C(C)C. The van der Waals surface area contributed by atoms with Crippen LogP contribution in [0, 0.1) is 0 Å². The van der Waals surface area contributed by atoms with Crippen LogP contribution in [0.5, 0.6) is 0 Å². The van der Waals surface area contributed by atoms with E-state index in [4.69, 9.17) is 5.11 Å². The number of carbonyl (C=O) groups excluding carboxylic acids is 1. The number of aliphatic carboxylic acids is 1. The Morgan fingerprint density at radius 2 is 2.00 bits per heavy atom. The predicted octanol–water partition coefficient (Wildman–Crippen LogP) is 1.41. The third kappa shape index (κ3) is 4.33. The van der Waals surface area contributed by atoms with Crippen molar-refractivity contribution in [3.8, 4) is 0 Å². The number of likely N-dealkylation sites (N-methyl/N-ethyl adjacent to an activating group) is 1. The lowest BCUT2D eigenvalue weighted by Crippen LogP contribution is -2.48. The molecule has 0 aromatic carbocycles. The maximum Gasteiger partial charge on any atom is 0.323 e. The van der Waals surface area contributed by atoms with Gasteiger partial charge in [-0.3, -0.25) is 4.79 Å². The average Bonchev–Trinajstić information content (AvgIpc) is 2.20. The highest BCUT2D eigenvalue weighted by atomic mass is 16.4. The Kier molecular flexibility index (Phi) is 6.22. The third-order valence-corrected chi connectivity index (χ3v) is 2.17. The molecule has 0 aliphatic heterocycles. The van der Waals surface area contributed by atoms with Gasteiger partial charge < -0.3 is 14.9 Å². The first-order chi connectivity index (χ1) is 7.43. The molecule has 0 bridgehead atoms. The van der Waals surface area contributed by atoms with Crippen molar-refractivity contribution in [1.82, 2.24) is 9.80 Å². The van der Waals surface area contributed by atoms with Crippen LogP contribution < -0.4 is 0 Å². The van der Waals surface area contributed by atoms with E-state index in [-0.39, 0.29) is 18.6 Å². The second-order valence-corrected chi connectivity index (χ2v) is 3.73. The summed E-state index contributed by atoms with van der Waals surface area (Å²) in [5.41, 5.74) is 0. The van der Waals surface area contributed by atoms with E-state index in [2.05, 4.69) is 6.58 Å². The van der Waals surface area contributed by atoms with Gasteiger partial charge in [-0.05, 0) is 20.8 Å². The van der Waals surface area contributed by atoms with Crippen molar-refractivity contribution in [3.05, 3.63) is 12.7 Å². The number of urea groups is 1. The zero-order valence-corrected chi connectivity index (χ0v) is 10.1. The van der Waals surface area contributed by atoms with Crippen LogP contribution in [0.4, 0.5) is 4.79 Å². The molecule has 0 saturated carbocycles. The second-order valence-electron chi connectivity index (χ2n) is 3.73.